The van der Waals surface area contributed by atoms with Gasteiger partial charge >= 0.3 is 0 Å². The monoisotopic (exact) mass is 351 g/mol. The summed E-state index contributed by atoms with van der Waals surface area (Å²) in [7, 11) is 3.37. The molecule has 132 valence electrons. The normalized spacial score (nSPS) is 12.1. The lowest BCUT2D eigenvalue weighted by atomic mass is 10.1. The Morgan fingerprint density at radius 2 is 2.00 bits per heavy atom. The number of ether oxygens (including phenoxy) is 3. The number of aryl methyl sites for hydroxylation is 1. The number of anilines is 1. The van der Waals surface area contributed by atoms with E-state index in [4.69, 9.17) is 14.2 Å². The highest BCUT2D eigenvalue weighted by Gasteiger charge is 2.18. The van der Waals surface area contributed by atoms with Crippen molar-refractivity contribution in [1.82, 2.24) is 9.78 Å². The van der Waals surface area contributed by atoms with E-state index in [9.17, 15) is 4.79 Å². The predicted octanol–water partition coefficient (Wildman–Crippen LogP) is 3.08. The average Bonchev–Trinajstić information content (AvgIpc) is 3.27. The molecule has 1 aromatic heterocycles. The molecule has 7 nitrogen and oxygen atoms in total. The van der Waals surface area contributed by atoms with E-state index >= 15 is 0 Å². The topological polar surface area (TPSA) is 74.6 Å². The summed E-state index contributed by atoms with van der Waals surface area (Å²) in [5, 5.41) is 7.15. The second-order valence-corrected chi connectivity index (χ2v) is 5.79. The molecule has 0 fully saturated rings. The Labute approximate surface area is 150 Å². The van der Waals surface area contributed by atoms with Crippen LogP contribution in [0.3, 0.4) is 0 Å². The molecule has 0 saturated carbocycles. The molecular weight excluding hydrogens is 334 g/mol. The summed E-state index contributed by atoms with van der Waals surface area (Å²) in [6, 6.07) is 14.5. The van der Waals surface area contributed by atoms with Crippen LogP contribution in [0.2, 0.25) is 0 Å². The van der Waals surface area contributed by atoms with Gasteiger partial charge < -0.3 is 19.5 Å². The van der Waals surface area contributed by atoms with Crippen LogP contribution < -0.4 is 19.5 Å². The van der Waals surface area contributed by atoms with Gasteiger partial charge in [-0.05, 0) is 36.4 Å². The van der Waals surface area contributed by atoms with Gasteiger partial charge in [0.15, 0.2) is 17.2 Å². The highest BCUT2D eigenvalue weighted by Crippen LogP contribution is 2.36. The summed E-state index contributed by atoms with van der Waals surface area (Å²) in [5.41, 5.74) is 2.66. The zero-order valence-corrected chi connectivity index (χ0v) is 14.4. The van der Waals surface area contributed by atoms with Gasteiger partial charge in [0.1, 0.15) is 5.75 Å². The van der Waals surface area contributed by atoms with Crippen molar-refractivity contribution in [2.24, 2.45) is 7.05 Å². The molecule has 1 N–H and O–H groups in total. The molecule has 7 heteroatoms. The third kappa shape index (κ3) is 2.95. The van der Waals surface area contributed by atoms with E-state index in [1.165, 1.54) is 0 Å². The van der Waals surface area contributed by atoms with Crippen LogP contribution in [0, 0.1) is 0 Å². The third-order valence-electron chi connectivity index (χ3n) is 4.11. The molecular formula is C19H17N3O4. The SMILES string of the molecule is COc1cccc(NC(=O)c2cc(-c3ccc4c(c3)OCO4)n(C)n2)c1. The number of nitrogens with one attached hydrogen (secondary N) is 1. The maximum Gasteiger partial charge on any atom is 0.276 e. The lowest BCUT2D eigenvalue weighted by molar-refractivity contribution is 0.102. The van der Waals surface area contributed by atoms with Crippen molar-refractivity contribution < 1.29 is 19.0 Å². The van der Waals surface area contributed by atoms with Crippen molar-refractivity contribution in [3.63, 3.8) is 0 Å². The van der Waals surface area contributed by atoms with E-state index in [0.29, 0.717) is 28.6 Å². The van der Waals surface area contributed by atoms with E-state index < -0.39 is 0 Å². The van der Waals surface area contributed by atoms with E-state index in [1.54, 1.807) is 37.0 Å². The van der Waals surface area contributed by atoms with Gasteiger partial charge in [0.25, 0.3) is 5.91 Å². The molecule has 1 aliphatic rings. The number of hydrogen-bond donors (Lipinski definition) is 1. The summed E-state index contributed by atoms with van der Waals surface area (Å²) >= 11 is 0. The van der Waals surface area contributed by atoms with Crippen LogP contribution in [0.1, 0.15) is 10.5 Å². The van der Waals surface area contributed by atoms with Gasteiger partial charge in [-0.1, -0.05) is 6.07 Å². The number of aromatic nitrogens is 2. The average molecular weight is 351 g/mol. The van der Waals surface area contributed by atoms with Crippen molar-refractivity contribution in [2.75, 3.05) is 19.2 Å². The first-order chi connectivity index (χ1) is 12.6. The Morgan fingerprint density at radius 1 is 1.15 bits per heavy atom. The first-order valence-electron chi connectivity index (χ1n) is 8.03. The summed E-state index contributed by atoms with van der Waals surface area (Å²) < 4.78 is 17.6. The number of methoxy groups -OCH3 is 1. The Morgan fingerprint density at radius 3 is 2.85 bits per heavy atom. The Balaban J connectivity index is 1.58. The molecule has 3 aromatic rings. The lowest BCUT2D eigenvalue weighted by Crippen LogP contribution is -2.13. The van der Waals surface area contributed by atoms with Crippen LogP contribution in [-0.2, 0) is 7.05 Å². The smallest absolute Gasteiger partial charge is 0.276 e. The molecule has 1 amide bonds. The molecule has 26 heavy (non-hydrogen) atoms. The van der Waals surface area contributed by atoms with Crippen molar-refractivity contribution in [3.05, 3.63) is 54.2 Å². The van der Waals surface area contributed by atoms with Gasteiger partial charge in [-0.3, -0.25) is 9.48 Å². The Kier molecular flexibility index (Phi) is 3.96. The molecule has 0 aliphatic carbocycles. The standard InChI is InChI=1S/C19H17N3O4/c1-22-16(12-6-7-17-18(8-12)26-11-25-17)10-15(21-22)19(23)20-13-4-3-5-14(9-13)24-2/h3-10H,11H2,1-2H3,(H,20,23). The van der Waals surface area contributed by atoms with E-state index in [-0.39, 0.29) is 12.7 Å². The highest BCUT2D eigenvalue weighted by molar-refractivity contribution is 6.03. The first-order valence-corrected chi connectivity index (χ1v) is 8.03. The van der Waals surface area contributed by atoms with Gasteiger partial charge in [0, 0.05) is 24.4 Å². The fraction of sp³-hybridized carbons (Fsp3) is 0.158. The number of amides is 1. The fourth-order valence-corrected chi connectivity index (χ4v) is 2.80. The van der Waals surface area contributed by atoms with Gasteiger partial charge in [-0.2, -0.15) is 5.10 Å². The second-order valence-electron chi connectivity index (χ2n) is 5.79. The van der Waals surface area contributed by atoms with E-state index in [1.807, 2.05) is 30.3 Å². The zero-order chi connectivity index (χ0) is 18.1. The molecule has 1 aliphatic heterocycles. The molecule has 0 radical (unpaired) electrons. The van der Waals surface area contributed by atoms with Crippen LogP contribution in [0.15, 0.2) is 48.5 Å². The summed E-state index contributed by atoms with van der Waals surface area (Å²) in [4.78, 5) is 12.5. The van der Waals surface area contributed by atoms with Gasteiger partial charge in [-0.15, -0.1) is 0 Å². The van der Waals surface area contributed by atoms with Gasteiger partial charge in [0.05, 0.1) is 12.8 Å². The van der Waals surface area contributed by atoms with Crippen molar-refractivity contribution >= 4 is 11.6 Å². The molecule has 0 saturated heterocycles. The fourth-order valence-electron chi connectivity index (χ4n) is 2.80. The molecule has 2 heterocycles. The Bertz CT molecular complexity index is 981. The summed E-state index contributed by atoms with van der Waals surface area (Å²) in [6.45, 7) is 0.221. The molecule has 0 unspecified atom stereocenters. The minimum atomic E-state index is -0.291. The van der Waals surface area contributed by atoms with Crippen LogP contribution in [0.5, 0.6) is 17.2 Å². The minimum absolute atomic E-state index is 0.221. The predicted molar refractivity (Wildman–Crippen MR) is 95.7 cm³/mol. The molecule has 2 aromatic carbocycles. The number of hydrogen-bond acceptors (Lipinski definition) is 5. The van der Waals surface area contributed by atoms with Crippen LogP contribution in [-0.4, -0.2) is 29.6 Å². The number of fused-ring (bicyclic) bond motifs is 1. The van der Waals surface area contributed by atoms with Gasteiger partial charge in [0.2, 0.25) is 6.79 Å². The number of carbonyl (C=O) groups is 1. The van der Waals surface area contributed by atoms with E-state index in [0.717, 1.165) is 11.3 Å². The largest absolute Gasteiger partial charge is 0.497 e. The molecule has 4 rings (SSSR count). The quantitative estimate of drug-likeness (QED) is 0.782. The summed E-state index contributed by atoms with van der Waals surface area (Å²) in [5.74, 6) is 1.78. The molecule has 0 atom stereocenters. The van der Waals surface area contributed by atoms with Crippen LogP contribution >= 0.6 is 0 Å². The highest BCUT2D eigenvalue weighted by atomic mass is 16.7. The maximum absolute atomic E-state index is 12.5. The number of rotatable bonds is 4. The number of nitrogens with zero attached hydrogens (tertiary/aromatic N) is 2. The first kappa shape index (κ1) is 16.0. The van der Waals surface area contributed by atoms with Gasteiger partial charge in [-0.25, -0.2) is 0 Å². The lowest BCUT2D eigenvalue weighted by Gasteiger charge is -2.05. The minimum Gasteiger partial charge on any atom is -0.497 e. The Hall–Kier alpha value is -3.48. The second kappa shape index (κ2) is 6.44. The number of carbonyl (C=O) groups excluding carboxylic acids is 1. The van der Waals surface area contributed by atoms with Crippen molar-refractivity contribution in [2.45, 2.75) is 0 Å². The van der Waals surface area contributed by atoms with Crippen LogP contribution in [0.4, 0.5) is 5.69 Å². The van der Waals surface area contributed by atoms with Crippen molar-refractivity contribution in [1.29, 1.82) is 0 Å². The third-order valence-corrected chi connectivity index (χ3v) is 4.11. The summed E-state index contributed by atoms with van der Waals surface area (Å²) in [6.07, 6.45) is 0. The zero-order valence-electron chi connectivity index (χ0n) is 14.4. The van der Waals surface area contributed by atoms with E-state index in [2.05, 4.69) is 10.4 Å². The molecule has 0 bridgehead atoms. The molecule has 0 spiro atoms. The maximum atomic E-state index is 12.5. The number of benzene rings is 2. The van der Waals surface area contributed by atoms with Crippen LogP contribution in [0.25, 0.3) is 11.3 Å². The van der Waals surface area contributed by atoms with Crippen molar-refractivity contribution in [3.8, 4) is 28.5 Å².